The van der Waals surface area contributed by atoms with Gasteiger partial charge >= 0.3 is 0 Å². The van der Waals surface area contributed by atoms with E-state index >= 15 is 0 Å². The number of nitrogens with two attached hydrogens (primary N) is 1. The van der Waals surface area contributed by atoms with Gasteiger partial charge in [-0.2, -0.15) is 0 Å². The molecule has 0 aliphatic heterocycles. The van der Waals surface area contributed by atoms with Gasteiger partial charge in [-0.1, -0.05) is 25.5 Å². The smallest absolute Gasteiger partial charge is 0.224 e. The molecule has 22 heavy (non-hydrogen) atoms. The predicted octanol–water partition coefficient (Wildman–Crippen LogP) is 3.03. The Balaban J connectivity index is 2.11. The predicted molar refractivity (Wildman–Crippen MR) is 89.5 cm³/mol. The van der Waals surface area contributed by atoms with Gasteiger partial charge in [0.1, 0.15) is 5.82 Å². The van der Waals surface area contributed by atoms with Crippen molar-refractivity contribution in [2.45, 2.75) is 39.2 Å². The standard InChI is InChI=1S/C17H24N4O/c1-2-3-11-21-12-10-19-17(21)14-6-4-7-15(13-14)20-16(22)8-5-9-18/h4,6-7,10,12-13H,2-3,5,8-9,11,18H2,1H3,(H,20,22). The first kappa shape index (κ1) is 16.2. The molecule has 2 aromatic rings. The number of hydrogen-bond donors (Lipinski definition) is 2. The zero-order chi connectivity index (χ0) is 15.8. The summed E-state index contributed by atoms with van der Waals surface area (Å²) in [6, 6.07) is 7.81. The van der Waals surface area contributed by atoms with Crippen molar-refractivity contribution in [3.63, 3.8) is 0 Å². The molecule has 3 N–H and O–H groups in total. The second-order valence-electron chi connectivity index (χ2n) is 5.32. The van der Waals surface area contributed by atoms with E-state index in [4.69, 9.17) is 5.73 Å². The third kappa shape index (κ3) is 4.43. The van der Waals surface area contributed by atoms with E-state index in [1.54, 1.807) is 0 Å². The summed E-state index contributed by atoms with van der Waals surface area (Å²) in [6.07, 6.45) is 7.24. The third-order valence-electron chi connectivity index (χ3n) is 3.48. The molecule has 0 saturated heterocycles. The topological polar surface area (TPSA) is 72.9 Å². The number of aromatic nitrogens is 2. The second-order valence-corrected chi connectivity index (χ2v) is 5.32. The van der Waals surface area contributed by atoms with Crippen LogP contribution in [0.5, 0.6) is 0 Å². The number of anilines is 1. The molecule has 5 heteroatoms. The highest BCUT2D eigenvalue weighted by molar-refractivity contribution is 5.91. The Hall–Kier alpha value is -2.14. The van der Waals surface area contributed by atoms with Gasteiger partial charge in [0.15, 0.2) is 0 Å². The van der Waals surface area contributed by atoms with Crippen molar-refractivity contribution in [1.29, 1.82) is 0 Å². The lowest BCUT2D eigenvalue weighted by Crippen LogP contribution is -2.13. The zero-order valence-corrected chi connectivity index (χ0v) is 13.1. The lowest BCUT2D eigenvalue weighted by Gasteiger charge is -2.09. The first-order chi connectivity index (χ1) is 10.7. The minimum absolute atomic E-state index is 0.00285. The molecule has 1 heterocycles. The maximum atomic E-state index is 11.8. The molecule has 0 unspecified atom stereocenters. The summed E-state index contributed by atoms with van der Waals surface area (Å²) >= 11 is 0. The fourth-order valence-corrected chi connectivity index (χ4v) is 2.30. The third-order valence-corrected chi connectivity index (χ3v) is 3.48. The SMILES string of the molecule is CCCCn1ccnc1-c1cccc(NC(=O)CCCN)c1. The largest absolute Gasteiger partial charge is 0.331 e. The highest BCUT2D eigenvalue weighted by Gasteiger charge is 2.08. The number of amides is 1. The van der Waals surface area contributed by atoms with Gasteiger partial charge in [0.25, 0.3) is 0 Å². The van der Waals surface area contributed by atoms with Crippen LogP contribution in [0, 0.1) is 0 Å². The van der Waals surface area contributed by atoms with E-state index in [2.05, 4.69) is 21.8 Å². The normalized spacial score (nSPS) is 10.6. The zero-order valence-electron chi connectivity index (χ0n) is 13.1. The monoisotopic (exact) mass is 300 g/mol. The summed E-state index contributed by atoms with van der Waals surface area (Å²) in [5.74, 6) is 0.934. The van der Waals surface area contributed by atoms with Crippen molar-refractivity contribution < 1.29 is 4.79 Å². The van der Waals surface area contributed by atoms with Gasteiger partial charge in [-0.05, 0) is 31.5 Å². The van der Waals surface area contributed by atoms with Crippen LogP contribution in [0.4, 0.5) is 5.69 Å². The molecule has 2 rings (SSSR count). The van der Waals surface area contributed by atoms with E-state index in [1.807, 2.05) is 36.7 Å². The number of hydrogen-bond acceptors (Lipinski definition) is 3. The van der Waals surface area contributed by atoms with E-state index in [-0.39, 0.29) is 5.91 Å². The van der Waals surface area contributed by atoms with Crippen molar-refractivity contribution in [2.24, 2.45) is 5.73 Å². The molecule has 0 bridgehead atoms. The molecule has 5 nitrogen and oxygen atoms in total. The number of carbonyl (C=O) groups is 1. The number of benzene rings is 1. The summed E-state index contributed by atoms with van der Waals surface area (Å²) in [5.41, 5.74) is 7.23. The van der Waals surface area contributed by atoms with Crippen LogP contribution >= 0.6 is 0 Å². The van der Waals surface area contributed by atoms with E-state index in [0.717, 1.165) is 36.5 Å². The number of nitrogens with zero attached hydrogens (tertiary/aromatic N) is 2. The minimum atomic E-state index is -0.00285. The first-order valence-electron chi connectivity index (χ1n) is 7.86. The summed E-state index contributed by atoms with van der Waals surface area (Å²) in [4.78, 5) is 16.2. The fourth-order valence-electron chi connectivity index (χ4n) is 2.30. The molecule has 118 valence electrons. The van der Waals surface area contributed by atoms with Gasteiger partial charge in [-0.3, -0.25) is 4.79 Å². The summed E-state index contributed by atoms with van der Waals surface area (Å²) < 4.78 is 2.15. The lowest BCUT2D eigenvalue weighted by molar-refractivity contribution is -0.116. The average Bonchev–Trinajstić information content (AvgIpc) is 2.99. The molecule has 0 aliphatic carbocycles. The summed E-state index contributed by atoms with van der Waals surface area (Å²) in [5, 5.41) is 2.91. The van der Waals surface area contributed by atoms with Crippen molar-refractivity contribution >= 4 is 11.6 Å². The Morgan fingerprint density at radius 3 is 3.00 bits per heavy atom. The second kappa shape index (κ2) is 8.34. The van der Waals surface area contributed by atoms with Crippen LogP contribution in [0.2, 0.25) is 0 Å². The summed E-state index contributed by atoms with van der Waals surface area (Å²) in [6.45, 7) is 3.66. The maximum absolute atomic E-state index is 11.8. The van der Waals surface area contributed by atoms with Gasteiger partial charge in [0, 0.05) is 36.6 Å². The van der Waals surface area contributed by atoms with Crippen molar-refractivity contribution in [2.75, 3.05) is 11.9 Å². The minimum Gasteiger partial charge on any atom is -0.331 e. The number of rotatable bonds is 8. The highest BCUT2D eigenvalue weighted by Crippen LogP contribution is 2.22. The number of carbonyl (C=O) groups excluding carboxylic acids is 1. The Morgan fingerprint density at radius 2 is 2.23 bits per heavy atom. The lowest BCUT2D eigenvalue weighted by atomic mass is 10.1. The van der Waals surface area contributed by atoms with Crippen LogP contribution in [0.25, 0.3) is 11.4 Å². The molecular formula is C17H24N4O. The van der Waals surface area contributed by atoms with E-state index in [1.165, 1.54) is 0 Å². The molecule has 1 aromatic carbocycles. The summed E-state index contributed by atoms with van der Waals surface area (Å²) in [7, 11) is 0. The molecule has 0 radical (unpaired) electrons. The molecule has 1 aromatic heterocycles. The number of unbranched alkanes of at least 4 members (excludes halogenated alkanes) is 1. The molecule has 0 atom stereocenters. The van der Waals surface area contributed by atoms with Crippen LogP contribution in [0.15, 0.2) is 36.7 Å². The van der Waals surface area contributed by atoms with Crippen molar-refractivity contribution in [3.05, 3.63) is 36.7 Å². The molecule has 0 fully saturated rings. The van der Waals surface area contributed by atoms with Crippen LogP contribution < -0.4 is 11.1 Å². The molecule has 0 spiro atoms. The fraction of sp³-hybridized carbons (Fsp3) is 0.412. The number of aryl methyl sites for hydroxylation is 1. The molecular weight excluding hydrogens is 276 g/mol. The Kier molecular flexibility index (Phi) is 6.15. The quantitative estimate of drug-likeness (QED) is 0.787. The highest BCUT2D eigenvalue weighted by atomic mass is 16.1. The van der Waals surface area contributed by atoms with Gasteiger partial charge in [0.05, 0.1) is 0 Å². The van der Waals surface area contributed by atoms with Gasteiger partial charge < -0.3 is 15.6 Å². The number of imidazole rings is 1. The molecule has 0 aliphatic rings. The maximum Gasteiger partial charge on any atom is 0.224 e. The Morgan fingerprint density at radius 1 is 1.36 bits per heavy atom. The first-order valence-corrected chi connectivity index (χ1v) is 7.86. The van der Waals surface area contributed by atoms with Crippen molar-refractivity contribution in [1.82, 2.24) is 9.55 Å². The van der Waals surface area contributed by atoms with Gasteiger partial charge in [0.2, 0.25) is 5.91 Å². The Labute approximate surface area is 131 Å². The van der Waals surface area contributed by atoms with Crippen LogP contribution in [0.3, 0.4) is 0 Å². The van der Waals surface area contributed by atoms with Crippen LogP contribution in [-0.2, 0) is 11.3 Å². The molecule has 1 amide bonds. The van der Waals surface area contributed by atoms with E-state index < -0.39 is 0 Å². The van der Waals surface area contributed by atoms with Crippen molar-refractivity contribution in [3.8, 4) is 11.4 Å². The molecule has 0 saturated carbocycles. The average molecular weight is 300 g/mol. The Bertz CT molecular complexity index is 606. The van der Waals surface area contributed by atoms with Crippen LogP contribution in [0.1, 0.15) is 32.6 Å². The van der Waals surface area contributed by atoms with E-state index in [0.29, 0.717) is 19.4 Å². The number of nitrogens with one attached hydrogen (secondary N) is 1. The van der Waals surface area contributed by atoms with Crippen LogP contribution in [-0.4, -0.2) is 22.0 Å². The van der Waals surface area contributed by atoms with Gasteiger partial charge in [-0.25, -0.2) is 4.98 Å². The van der Waals surface area contributed by atoms with E-state index in [9.17, 15) is 4.79 Å². The van der Waals surface area contributed by atoms with Gasteiger partial charge in [-0.15, -0.1) is 0 Å².